The number of likely N-dealkylation sites (tertiary alicyclic amines) is 1. The minimum Gasteiger partial charge on any atom is -0.478 e. The summed E-state index contributed by atoms with van der Waals surface area (Å²) in [5, 5.41) is 18.5. The molecule has 2 aromatic carbocycles. The van der Waals surface area contributed by atoms with Gasteiger partial charge < -0.3 is 19.7 Å². The zero-order valence-corrected chi connectivity index (χ0v) is 19.3. The van der Waals surface area contributed by atoms with E-state index in [1.807, 2.05) is 49.4 Å². The number of nitrogens with one attached hydrogen (secondary N) is 2. The van der Waals surface area contributed by atoms with Gasteiger partial charge in [0.15, 0.2) is 0 Å². The van der Waals surface area contributed by atoms with Crippen LogP contribution in [0.1, 0.15) is 35.4 Å². The zero-order valence-electron chi connectivity index (χ0n) is 19.3. The van der Waals surface area contributed by atoms with Gasteiger partial charge in [0, 0.05) is 36.0 Å². The summed E-state index contributed by atoms with van der Waals surface area (Å²) in [4.78, 5) is 41.7. The van der Waals surface area contributed by atoms with Crippen LogP contribution < -0.4 is 5.56 Å². The molecule has 0 bridgehead atoms. The van der Waals surface area contributed by atoms with Crippen molar-refractivity contribution < 1.29 is 19.4 Å². The Morgan fingerprint density at radius 3 is 2.71 bits per heavy atom. The van der Waals surface area contributed by atoms with E-state index in [0.29, 0.717) is 31.5 Å². The number of rotatable bonds is 5. The van der Waals surface area contributed by atoms with Crippen LogP contribution in [0, 0.1) is 6.92 Å². The number of aromatic amines is 2. The summed E-state index contributed by atoms with van der Waals surface area (Å²) in [7, 11) is 0. The molecule has 3 N–H and O–H groups in total. The number of fused-ring (bicyclic) bond motifs is 2. The van der Waals surface area contributed by atoms with Crippen LogP contribution in [0.4, 0.5) is 4.79 Å². The van der Waals surface area contributed by atoms with E-state index >= 15 is 0 Å². The Morgan fingerprint density at radius 2 is 1.94 bits per heavy atom. The molecule has 3 heterocycles. The number of aliphatic carboxylic acids is 1. The Balaban J connectivity index is 1.24. The number of aryl methyl sites for hydroxylation is 1. The van der Waals surface area contributed by atoms with Crippen molar-refractivity contribution in [3.8, 4) is 0 Å². The van der Waals surface area contributed by atoms with E-state index in [1.54, 1.807) is 6.20 Å². The molecular formula is C26H26N4O5. The predicted molar refractivity (Wildman–Crippen MR) is 131 cm³/mol. The average molecular weight is 475 g/mol. The first-order chi connectivity index (χ1) is 16.9. The van der Waals surface area contributed by atoms with Gasteiger partial charge in [-0.1, -0.05) is 24.3 Å². The number of hydrogen-bond acceptors (Lipinski definition) is 5. The Labute approximate surface area is 200 Å². The van der Waals surface area contributed by atoms with E-state index < -0.39 is 18.2 Å². The fourth-order valence-corrected chi connectivity index (χ4v) is 4.86. The van der Waals surface area contributed by atoms with Crippen molar-refractivity contribution in [3.63, 3.8) is 0 Å². The highest BCUT2D eigenvalue weighted by atomic mass is 16.6. The van der Waals surface area contributed by atoms with Gasteiger partial charge in [0.05, 0.1) is 11.7 Å². The molecule has 0 radical (unpaired) electrons. The Hall–Kier alpha value is -4.14. The number of para-hydroxylation sites is 1. The SMILES string of the molecule is Cc1cc(CC(OC(=O)N2CCC(c3cc4ccccc4[nH]c3=O)CC2)C(=O)O)cc2cn[nH]c12. The normalized spacial score (nSPS) is 15.4. The van der Waals surface area contributed by atoms with Gasteiger partial charge in [-0.25, -0.2) is 9.59 Å². The second kappa shape index (κ2) is 9.25. The smallest absolute Gasteiger partial charge is 0.410 e. The summed E-state index contributed by atoms with van der Waals surface area (Å²) in [6, 6.07) is 13.3. The Bertz CT molecular complexity index is 1470. The van der Waals surface area contributed by atoms with Crippen molar-refractivity contribution in [2.24, 2.45) is 0 Å². The van der Waals surface area contributed by atoms with Crippen LogP contribution in [0.15, 0.2) is 53.5 Å². The van der Waals surface area contributed by atoms with Gasteiger partial charge in [0.1, 0.15) is 0 Å². The van der Waals surface area contributed by atoms with Gasteiger partial charge in [0.25, 0.3) is 5.56 Å². The molecule has 35 heavy (non-hydrogen) atoms. The van der Waals surface area contributed by atoms with Gasteiger partial charge in [-0.3, -0.25) is 9.89 Å². The van der Waals surface area contributed by atoms with Gasteiger partial charge in [0.2, 0.25) is 6.10 Å². The predicted octanol–water partition coefficient (Wildman–Crippen LogP) is 3.72. The van der Waals surface area contributed by atoms with Crippen LogP contribution >= 0.6 is 0 Å². The number of ether oxygens (including phenoxy) is 1. The van der Waals surface area contributed by atoms with Crippen LogP contribution in [0.2, 0.25) is 0 Å². The second-order valence-corrected chi connectivity index (χ2v) is 9.06. The average Bonchev–Trinajstić information content (AvgIpc) is 3.32. The molecule has 1 fully saturated rings. The number of H-pyrrole nitrogens is 2. The third-order valence-corrected chi connectivity index (χ3v) is 6.72. The summed E-state index contributed by atoms with van der Waals surface area (Å²) in [6.07, 6.45) is 0.997. The molecule has 1 aliphatic heterocycles. The number of nitrogens with zero attached hydrogens (tertiary/aromatic N) is 2. The summed E-state index contributed by atoms with van der Waals surface area (Å²) in [5.74, 6) is -1.17. The number of aromatic nitrogens is 3. The van der Waals surface area contributed by atoms with Crippen molar-refractivity contribution in [3.05, 3.63) is 75.7 Å². The molecule has 0 spiro atoms. The molecule has 180 valence electrons. The molecule has 1 atom stereocenters. The van der Waals surface area contributed by atoms with Crippen molar-refractivity contribution in [2.45, 2.75) is 38.2 Å². The van der Waals surface area contributed by atoms with Crippen molar-refractivity contribution in [2.75, 3.05) is 13.1 Å². The number of carbonyl (C=O) groups excluding carboxylic acids is 1. The molecular weight excluding hydrogens is 448 g/mol. The highest BCUT2D eigenvalue weighted by molar-refractivity contribution is 5.83. The molecule has 5 rings (SSSR count). The summed E-state index contributed by atoms with van der Waals surface area (Å²) >= 11 is 0. The maximum absolute atomic E-state index is 12.8. The van der Waals surface area contributed by atoms with E-state index in [9.17, 15) is 19.5 Å². The minimum atomic E-state index is -1.30. The summed E-state index contributed by atoms with van der Waals surface area (Å²) < 4.78 is 5.41. The lowest BCUT2D eigenvalue weighted by molar-refractivity contribution is -0.147. The number of pyridine rings is 1. The quantitative estimate of drug-likeness (QED) is 0.404. The highest BCUT2D eigenvalue weighted by Gasteiger charge is 2.30. The molecule has 9 nitrogen and oxygen atoms in total. The minimum absolute atomic E-state index is 0.0207. The van der Waals surface area contributed by atoms with Gasteiger partial charge in [-0.2, -0.15) is 5.10 Å². The monoisotopic (exact) mass is 474 g/mol. The lowest BCUT2D eigenvalue weighted by Crippen LogP contribution is -2.42. The number of carboxylic acids is 1. The fourth-order valence-electron chi connectivity index (χ4n) is 4.86. The number of hydrogen-bond donors (Lipinski definition) is 3. The molecule has 2 aromatic heterocycles. The highest BCUT2D eigenvalue weighted by Crippen LogP contribution is 2.28. The molecule has 1 unspecified atom stereocenters. The number of amides is 1. The first-order valence-corrected chi connectivity index (χ1v) is 11.6. The Morgan fingerprint density at radius 1 is 1.17 bits per heavy atom. The van der Waals surface area contributed by atoms with E-state index in [2.05, 4.69) is 15.2 Å². The van der Waals surface area contributed by atoms with E-state index in [0.717, 1.165) is 32.9 Å². The van der Waals surface area contributed by atoms with E-state index in [-0.39, 0.29) is 17.9 Å². The number of carbonyl (C=O) groups is 2. The third kappa shape index (κ3) is 4.62. The molecule has 1 amide bonds. The van der Waals surface area contributed by atoms with Crippen molar-refractivity contribution >= 4 is 33.9 Å². The number of piperidine rings is 1. The van der Waals surface area contributed by atoms with Crippen LogP contribution in [0.5, 0.6) is 0 Å². The molecule has 1 saturated heterocycles. The summed E-state index contributed by atoms with van der Waals surface area (Å²) in [6.45, 7) is 2.70. The first kappa shape index (κ1) is 22.6. The van der Waals surface area contributed by atoms with Crippen LogP contribution in [-0.2, 0) is 16.0 Å². The van der Waals surface area contributed by atoms with Crippen LogP contribution in [-0.4, -0.2) is 56.4 Å². The van der Waals surface area contributed by atoms with E-state index in [4.69, 9.17) is 4.74 Å². The maximum Gasteiger partial charge on any atom is 0.410 e. The second-order valence-electron chi connectivity index (χ2n) is 9.06. The standard InChI is InChI=1S/C26H26N4O5/c1-15-10-16(11-19-14-27-29-23(15)19)12-22(25(32)33)35-26(34)30-8-6-17(7-9-30)20-13-18-4-2-3-5-21(18)28-24(20)31/h2-5,10-11,13-14,17,22H,6-9,12H2,1H3,(H,27,29)(H,28,31)(H,32,33). The Kier molecular flexibility index (Phi) is 5.98. The van der Waals surface area contributed by atoms with Crippen molar-refractivity contribution in [1.82, 2.24) is 20.1 Å². The van der Waals surface area contributed by atoms with Gasteiger partial charge >= 0.3 is 12.1 Å². The lowest BCUT2D eigenvalue weighted by atomic mass is 9.89. The van der Waals surface area contributed by atoms with Gasteiger partial charge in [-0.15, -0.1) is 0 Å². The fraction of sp³-hybridized carbons (Fsp3) is 0.308. The molecule has 0 saturated carbocycles. The third-order valence-electron chi connectivity index (χ3n) is 6.72. The maximum atomic E-state index is 12.8. The molecule has 0 aliphatic carbocycles. The van der Waals surface area contributed by atoms with Crippen LogP contribution in [0.25, 0.3) is 21.8 Å². The van der Waals surface area contributed by atoms with Gasteiger partial charge in [-0.05, 0) is 60.4 Å². The first-order valence-electron chi connectivity index (χ1n) is 11.6. The number of carboxylic acid groups (broad SMARTS) is 1. The largest absolute Gasteiger partial charge is 0.478 e. The molecule has 1 aliphatic rings. The zero-order chi connectivity index (χ0) is 24.5. The topological polar surface area (TPSA) is 128 Å². The summed E-state index contributed by atoms with van der Waals surface area (Å²) in [5.41, 5.74) is 3.99. The molecule has 4 aromatic rings. The van der Waals surface area contributed by atoms with E-state index in [1.165, 1.54) is 4.90 Å². The number of benzene rings is 2. The van der Waals surface area contributed by atoms with Crippen molar-refractivity contribution in [1.29, 1.82) is 0 Å². The van der Waals surface area contributed by atoms with Crippen LogP contribution in [0.3, 0.4) is 0 Å². The lowest BCUT2D eigenvalue weighted by Gasteiger charge is -2.32. The molecule has 9 heteroatoms.